The molecule has 0 aliphatic heterocycles. The average molecular weight is 615 g/mol. The van der Waals surface area contributed by atoms with Crippen LogP contribution in [0.1, 0.15) is 0 Å². The van der Waals surface area contributed by atoms with E-state index in [2.05, 4.69) is 144 Å². The molecule has 7 aromatic carbocycles. The van der Waals surface area contributed by atoms with Gasteiger partial charge in [-0.25, -0.2) is 0 Å². The molecule has 3 heteroatoms. The molecule has 2 heterocycles. The first-order chi connectivity index (χ1) is 21.3. The standard InChI is InChI=1S/C40H25NOSe/c1-2-9-26(10-3-1)27-17-20-29(21-18-27)41(30-22-24-37-34(25-30)31-12-4-6-15-36(31)42-37)35-14-8-11-28-19-23-33-32-13-5-7-16-38(32)43-40(33)39(28)35/h1-25H. The van der Waals surface area contributed by atoms with Crippen LogP contribution < -0.4 is 4.90 Å². The Bertz CT molecular complexity index is 2450. The van der Waals surface area contributed by atoms with E-state index in [9.17, 15) is 0 Å². The fraction of sp³-hybridized carbons (Fsp3) is 0. The molecular weight excluding hydrogens is 589 g/mol. The van der Waals surface area contributed by atoms with E-state index in [0.29, 0.717) is 0 Å². The Morgan fingerprint density at radius 2 is 1.19 bits per heavy atom. The number of anilines is 3. The summed E-state index contributed by atoms with van der Waals surface area (Å²) in [6.45, 7) is 0. The summed E-state index contributed by atoms with van der Waals surface area (Å²) in [5.74, 6) is 0. The molecule has 0 spiro atoms. The second kappa shape index (κ2) is 9.74. The summed E-state index contributed by atoms with van der Waals surface area (Å²) in [5, 5.41) is 7.61. The van der Waals surface area contributed by atoms with Crippen LogP contribution in [-0.4, -0.2) is 14.5 Å². The summed E-state index contributed by atoms with van der Waals surface area (Å²) in [5.41, 5.74) is 7.68. The molecule has 0 bridgehead atoms. The Hall–Kier alpha value is -5.08. The van der Waals surface area contributed by atoms with Gasteiger partial charge >= 0.3 is 256 Å². The zero-order valence-corrected chi connectivity index (χ0v) is 24.9. The summed E-state index contributed by atoms with van der Waals surface area (Å²) in [4.78, 5) is 2.43. The number of hydrogen-bond acceptors (Lipinski definition) is 2. The van der Waals surface area contributed by atoms with Crippen molar-refractivity contribution in [2.45, 2.75) is 0 Å². The second-order valence-corrected chi connectivity index (χ2v) is 13.2. The third-order valence-electron chi connectivity index (χ3n) is 8.46. The van der Waals surface area contributed by atoms with Gasteiger partial charge in [0.15, 0.2) is 0 Å². The van der Waals surface area contributed by atoms with Crippen LogP contribution in [0.5, 0.6) is 0 Å². The van der Waals surface area contributed by atoms with Crippen molar-refractivity contribution in [3.05, 3.63) is 152 Å². The molecule has 0 aliphatic carbocycles. The Morgan fingerprint density at radius 3 is 2.07 bits per heavy atom. The third-order valence-corrected chi connectivity index (χ3v) is 11.0. The van der Waals surface area contributed by atoms with Gasteiger partial charge in [0.05, 0.1) is 0 Å². The molecule has 0 unspecified atom stereocenters. The van der Waals surface area contributed by atoms with E-state index in [-0.39, 0.29) is 14.5 Å². The maximum atomic E-state index is 6.21. The molecule has 0 saturated carbocycles. The molecule has 0 fully saturated rings. The molecule has 2 nitrogen and oxygen atoms in total. The first-order valence-corrected chi connectivity index (χ1v) is 16.2. The van der Waals surface area contributed by atoms with Crippen molar-refractivity contribution in [3.63, 3.8) is 0 Å². The predicted molar refractivity (Wildman–Crippen MR) is 183 cm³/mol. The van der Waals surface area contributed by atoms with Gasteiger partial charge < -0.3 is 0 Å². The van der Waals surface area contributed by atoms with E-state index in [1.807, 2.05) is 12.1 Å². The molecule has 0 N–H and O–H groups in total. The minimum atomic E-state index is 0.231. The topological polar surface area (TPSA) is 16.4 Å². The number of furan rings is 1. The van der Waals surface area contributed by atoms with E-state index in [1.165, 1.54) is 46.9 Å². The summed E-state index contributed by atoms with van der Waals surface area (Å²) in [6.07, 6.45) is 0. The van der Waals surface area contributed by atoms with Crippen LogP contribution in [0.2, 0.25) is 0 Å². The number of rotatable bonds is 4. The zero-order chi connectivity index (χ0) is 28.3. The van der Waals surface area contributed by atoms with E-state index in [1.54, 1.807) is 0 Å². The third kappa shape index (κ3) is 3.94. The first-order valence-electron chi connectivity index (χ1n) is 14.5. The SMILES string of the molecule is c1ccc(-c2ccc(N(c3ccc4oc5ccccc5c4c3)c3cccc4ccc5c6ccccc6[se]c5c34)cc2)cc1. The number of hydrogen-bond donors (Lipinski definition) is 0. The summed E-state index contributed by atoms with van der Waals surface area (Å²) in [7, 11) is 0. The molecule has 202 valence electrons. The molecule has 0 aliphatic rings. The number of nitrogens with zero attached hydrogens (tertiary/aromatic N) is 1. The van der Waals surface area contributed by atoms with Crippen molar-refractivity contribution in [1.29, 1.82) is 0 Å². The molecule has 0 radical (unpaired) electrons. The van der Waals surface area contributed by atoms with Crippen LogP contribution in [0.4, 0.5) is 17.1 Å². The van der Waals surface area contributed by atoms with Gasteiger partial charge in [0.25, 0.3) is 0 Å². The monoisotopic (exact) mass is 615 g/mol. The fourth-order valence-electron chi connectivity index (χ4n) is 6.43. The molecule has 0 saturated heterocycles. The van der Waals surface area contributed by atoms with E-state index in [0.717, 1.165) is 33.3 Å². The zero-order valence-electron chi connectivity index (χ0n) is 23.2. The first kappa shape index (κ1) is 24.5. The van der Waals surface area contributed by atoms with Gasteiger partial charge in [0.2, 0.25) is 0 Å². The van der Waals surface area contributed by atoms with Crippen LogP contribution in [0, 0.1) is 0 Å². The van der Waals surface area contributed by atoms with Crippen molar-refractivity contribution in [2.75, 3.05) is 4.90 Å². The van der Waals surface area contributed by atoms with Crippen molar-refractivity contribution < 1.29 is 4.42 Å². The Balaban J connectivity index is 1.32. The molecule has 2 aromatic heterocycles. The maximum absolute atomic E-state index is 6.21. The summed E-state index contributed by atoms with van der Waals surface area (Å²) in [6, 6.07) is 54.7. The average Bonchev–Trinajstić information content (AvgIpc) is 3.64. The molecule has 43 heavy (non-hydrogen) atoms. The molecular formula is C40H25NOSe. The van der Waals surface area contributed by atoms with Gasteiger partial charge in [0, 0.05) is 0 Å². The molecule has 9 rings (SSSR count). The Kier molecular flexibility index (Phi) is 5.55. The van der Waals surface area contributed by atoms with Crippen LogP contribution in [0.25, 0.3) is 63.1 Å². The van der Waals surface area contributed by atoms with E-state index in [4.69, 9.17) is 4.42 Å². The quantitative estimate of drug-likeness (QED) is 0.183. The van der Waals surface area contributed by atoms with Gasteiger partial charge in [-0.1, -0.05) is 0 Å². The van der Waals surface area contributed by atoms with Crippen molar-refractivity contribution in [2.24, 2.45) is 0 Å². The molecule has 0 amide bonds. The summed E-state index contributed by atoms with van der Waals surface area (Å²) >= 11 is 0.231. The number of para-hydroxylation sites is 1. The van der Waals surface area contributed by atoms with Gasteiger partial charge in [-0.2, -0.15) is 0 Å². The van der Waals surface area contributed by atoms with Crippen molar-refractivity contribution in [3.8, 4) is 11.1 Å². The minimum absolute atomic E-state index is 0.231. The summed E-state index contributed by atoms with van der Waals surface area (Å²) < 4.78 is 9.13. The molecule has 9 aromatic rings. The van der Waals surface area contributed by atoms with Gasteiger partial charge in [-0.15, -0.1) is 0 Å². The second-order valence-electron chi connectivity index (χ2n) is 10.9. The van der Waals surface area contributed by atoms with Crippen LogP contribution in [0.3, 0.4) is 0 Å². The Labute approximate surface area is 254 Å². The van der Waals surface area contributed by atoms with Crippen LogP contribution in [-0.2, 0) is 0 Å². The fourth-order valence-corrected chi connectivity index (χ4v) is 9.09. The van der Waals surface area contributed by atoms with Crippen LogP contribution >= 0.6 is 0 Å². The number of fused-ring (bicyclic) bond motifs is 8. The number of benzene rings is 7. The van der Waals surface area contributed by atoms with Gasteiger partial charge in [-0.05, 0) is 0 Å². The van der Waals surface area contributed by atoms with E-state index < -0.39 is 0 Å². The van der Waals surface area contributed by atoms with Gasteiger partial charge in [-0.3, -0.25) is 0 Å². The van der Waals surface area contributed by atoms with Crippen molar-refractivity contribution >= 4 is 83.6 Å². The van der Waals surface area contributed by atoms with E-state index >= 15 is 0 Å². The van der Waals surface area contributed by atoms with Crippen LogP contribution in [0.15, 0.2) is 156 Å². The Morgan fingerprint density at radius 1 is 0.465 bits per heavy atom. The predicted octanol–water partition coefficient (Wildman–Crippen LogP) is 11.2. The normalized spacial score (nSPS) is 11.7. The van der Waals surface area contributed by atoms with Gasteiger partial charge in [0.1, 0.15) is 0 Å². The van der Waals surface area contributed by atoms with Crippen molar-refractivity contribution in [1.82, 2.24) is 0 Å². The molecule has 0 atom stereocenters.